The lowest BCUT2D eigenvalue weighted by atomic mass is 10.0. The zero-order chi connectivity index (χ0) is 19.1. The Balaban J connectivity index is 0.00000364. The number of nitrogens with zero attached hydrogens (tertiary/aromatic N) is 3. The smallest absolute Gasteiger partial charge is 0.191 e. The highest BCUT2D eigenvalue weighted by atomic mass is 127. The maximum Gasteiger partial charge on any atom is 0.191 e. The topological polar surface area (TPSA) is 63.5 Å². The monoisotopic (exact) mass is 485 g/mol. The van der Waals surface area contributed by atoms with Gasteiger partial charge in [-0.1, -0.05) is 32.0 Å². The highest BCUT2D eigenvalue weighted by molar-refractivity contribution is 14.0. The lowest BCUT2D eigenvalue weighted by Crippen LogP contribution is -2.39. The molecule has 2 aromatic rings. The molecule has 0 saturated carbocycles. The predicted octanol–water partition coefficient (Wildman–Crippen LogP) is 3.52. The lowest BCUT2D eigenvalue weighted by molar-refractivity contribution is 0.317. The first kappa shape index (κ1) is 23.3. The number of aromatic nitrogens is 2. The summed E-state index contributed by atoms with van der Waals surface area (Å²) in [5, 5.41) is 11.1. The zero-order valence-electron chi connectivity index (χ0n) is 17.2. The molecule has 27 heavy (non-hydrogen) atoms. The van der Waals surface area contributed by atoms with Crippen molar-refractivity contribution in [1.82, 2.24) is 20.4 Å². The summed E-state index contributed by atoms with van der Waals surface area (Å²) in [4.78, 5) is 4.27. The molecular formula is C20H32IN5O. The number of hydrogen-bond donors (Lipinski definition) is 2. The number of hydrogen-bond acceptors (Lipinski definition) is 3. The number of halogens is 1. The van der Waals surface area contributed by atoms with E-state index in [9.17, 15) is 0 Å². The summed E-state index contributed by atoms with van der Waals surface area (Å²) in [5.74, 6) is 2.15. The Kier molecular flexibility index (Phi) is 9.62. The molecule has 150 valence electrons. The molecule has 0 amide bonds. The number of aryl methyl sites for hydroxylation is 2. The molecule has 1 aromatic heterocycles. The molecule has 1 aromatic carbocycles. The first-order valence-electron chi connectivity index (χ1n) is 9.09. The molecule has 0 aliphatic carbocycles. The van der Waals surface area contributed by atoms with Gasteiger partial charge in [0.05, 0.1) is 12.2 Å². The molecule has 0 saturated heterocycles. The van der Waals surface area contributed by atoms with Gasteiger partial charge in [-0.3, -0.25) is 9.67 Å². The van der Waals surface area contributed by atoms with E-state index < -0.39 is 0 Å². The van der Waals surface area contributed by atoms with Crippen molar-refractivity contribution in [2.45, 2.75) is 40.2 Å². The SMILES string of the molecule is CN=C(NCCOc1ccccc1C(C)C)NCc1c(C)nn(C)c1C.I. The van der Waals surface area contributed by atoms with E-state index in [4.69, 9.17) is 4.74 Å². The van der Waals surface area contributed by atoms with Gasteiger partial charge >= 0.3 is 0 Å². The van der Waals surface area contributed by atoms with Crippen LogP contribution in [0.4, 0.5) is 0 Å². The number of guanidine groups is 1. The van der Waals surface area contributed by atoms with Crippen molar-refractivity contribution >= 4 is 29.9 Å². The van der Waals surface area contributed by atoms with E-state index in [-0.39, 0.29) is 24.0 Å². The van der Waals surface area contributed by atoms with Crippen LogP contribution in [0.3, 0.4) is 0 Å². The van der Waals surface area contributed by atoms with Gasteiger partial charge in [0.15, 0.2) is 5.96 Å². The van der Waals surface area contributed by atoms with E-state index in [1.165, 1.54) is 16.8 Å². The Labute approximate surface area is 179 Å². The van der Waals surface area contributed by atoms with E-state index >= 15 is 0 Å². The van der Waals surface area contributed by atoms with E-state index in [1.807, 2.05) is 30.8 Å². The van der Waals surface area contributed by atoms with Gasteiger partial charge in [0, 0.05) is 31.9 Å². The van der Waals surface area contributed by atoms with Crippen LogP contribution in [0.15, 0.2) is 29.3 Å². The van der Waals surface area contributed by atoms with Gasteiger partial charge in [-0.2, -0.15) is 5.10 Å². The second kappa shape index (κ2) is 11.2. The van der Waals surface area contributed by atoms with Crippen LogP contribution in [0.5, 0.6) is 5.75 Å². The Morgan fingerprint density at radius 2 is 1.93 bits per heavy atom. The molecule has 0 aliphatic rings. The quantitative estimate of drug-likeness (QED) is 0.273. The van der Waals surface area contributed by atoms with Gasteiger partial charge in [0.2, 0.25) is 0 Å². The summed E-state index contributed by atoms with van der Waals surface area (Å²) in [6.45, 7) is 10.4. The summed E-state index contributed by atoms with van der Waals surface area (Å²) in [6, 6.07) is 8.20. The van der Waals surface area contributed by atoms with Crippen molar-refractivity contribution in [2.75, 3.05) is 20.2 Å². The summed E-state index contributed by atoms with van der Waals surface area (Å²) in [5.41, 5.74) is 4.65. The molecule has 6 nitrogen and oxygen atoms in total. The average molecular weight is 485 g/mol. The standard InChI is InChI=1S/C20H31N5O.HI/c1-14(2)17-9-7-8-10-19(17)26-12-11-22-20(21-5)23-13-18-15(3)24-25(6)16(18)4;/h7-10,14H,11-13H2,1-6H3,(H2,21,22,23);1H. The Hall–Kier alpha value is -1.77. The average Bonchev–Trinajstić information content (AvgIpc) is 2.86. The van der Waals surface area contributed by atoms with Crippen LogP contribution < -0.4 is 15.4 Å². The second-order valence-electron chi connectivity index (χ2n) is 6.67. The van der Waals surface area contributed by atoms with Crippen molar-refractivity contribution in [3.8, 4) is 5.75 Å². The normalized spacial score (nSPS) is 11.3. The minimum absolute atomic E-state index is 0. The number of nitrogens with one attached hydrogen (secondary N) is 2. The highest BCUT2D eigenvalue weighted by Gasteiger charge is 2.10. The third kappa shape index (κ3) is 6.41. The van der Waals surface area contributed by atoms with Crippen molar-refractivity contribution < 1.29 is 4.74 Å². The Bertz CT molecular complexity index is 755. The van der Waals surface area contributed by atoms with Crippen molar-refractivity contribution in [2.24, 2.45) is 12.0 Å². The largest absolute Gasteiger partial charge is 0.491 e. The zero-order valence-corrected chi connectivity index (χ0v) is 19.5. The molecule has 0 radical (unpaired) electrons. The molecule has 0 aliphatic heterocycles. The van der Waals surface area contributed by atoms with Crippen LogP contribution in [0.2, 0.25) is 0 Å². The third-order valence-electron chi connectivity index (χ3n) is 4.51. The Morgan fingerprint density at radius 1 is 1.22 bits per heavy atom. The van der Waals surface area contributed by atoms with Gasteiger partial charge in [0.1, 0.15) is 12.4 Å². The summed E-state index contributed by atoms with van der Waals surface area (Å²) in [6.07, 6.45) is 0. The summed E-state index contributed by atoms with van der Waals surface area (Å²) < 4.78 is 7.84. The number of aliphatic imine (C=N–C) groups is 1. The van der Waals surface area contributed by atoms with Crippen molar-refractivity contribution in [1.29, 1.82) is 0 Å². The highest BCUT2D eigenvalue weighted by Crippen LogP contribution is 2.25. The molecule has 0 spiro atoms. The number of rotatable bonds is 7. The van der Waals surface area contributed by atoms with Crippen molar-refractivity contribution in [3.05, 3.63) is 46.8 Å². The number of benzene rings is 1. The van der Waals surface area contributed by atoms with Crippen molar-refractivity contribution in [3.63, 3.8) is 0 Å². The maximum absolute atomic E-state index is 5.94. The molecule has 0 fully saturated rings. The third-order valence-corrected chi connectivity index (χ3v) is 4.51. The fourth-order valence-electron chi connectivity index (χ4n) is 2.89. The van der Waals surface area contributed by atoms with E-state index in [2.05, 4.69) is 53.6 Å². The second-order valence-corrected chi connectivity index (χ2v) is 6.67. The van der Waals surface area contributed by atoms with Crippen LogP contribution in [0.1, 0.15) is 42.3 Å². The fraction of sp³-hybridized carbons (Fsp3) is 0.500. The van der Waals surface area contributed by atoms with Crippen LogP contribution >= 0.6 is 24.0 Å². The molecule has 0 atom stereocenters. The number of ether oxygens (including phenoxy) is 1. The van der Waals surface area contributed by atoms with Crippen LogP contribution in [0.25, 0.3) is 0 Å². The molecule has 0 bridgehead atoms. The Morgan fingerprint density at radius 3 is 2.52 bits per heavy atom. The minimum atomic E-state index is 0. The maximum atomic E-state index is 5.94. The fourth-order valence-corrected chi connectivity index (χ4v) is 2.89. The first-order valence-corrected chi connectivity index (χ1v) is 9.09. The number of para-hydroxylation sites is 1. The van der Waals surface area contributed by atoms with Crippen LogP contribution in [0, 0.1) is 13.8 Å². The van der Waals surface area contributed by atoms with Crippen LogP contribution in [-0.2, 0) is 13.6 Å². The first-order chi connectivity index (χ1) is 12.4. The van der Waals surface area contributed by atoms with Crippen LogP contribution in [-0.4, -0.2) is 35.9 Å². The minimum Gasteiger partial charge on any atom is -0.491 e. The molecule has 2 rings (SSSR count). The lowest BCUT2D eigenvalue weighted by Gasteiger charge is -2.15. The molecule has 7 heteroatoms. The molecule has 0 unspecified atom stereocenters. The van der Waals surface area contributed by atoms with Gasteiger partial charge in [-0.25, -0.2) is 0 Å². The van der Waals surface area contributed by atoms with Gasteiger partial charge < -0.3 is 15.4 Å². The van der Waals surface area contributed by atoms with E-state index in [0.717, 1.165) is 17.4 Å². The van der Waals surface area contributed by atoms with E-state index in [1.54, 1.807) is 7.05 Å². The molecule has 1 heterocycles. The van der Waals surface area contributed by atoms with E-state index in [0.29, 0.717) is 25.6 Å². The molecule has 2 N–H and O–H groups in total. The van der Waals surface area contributed by atoms with Gasteiger partial charge in [-0.15, -0.1) is 24.0 Å². The van der Waals surface area contributed by atoms with Gasteiger partial charge in [0.25, 0.3) is 0 Å². The molecular weight excluding hydrogens is 453 g/mol. The predicted molar refractivity (Wildman–Crippen MR) is 122 cm³/mol. The summed E-state index contributed by atoms with van der Waals surface area (Å²) in [7, 11) is 3.73. The van der Waals surface area contributed by atoms with Gasteiger partial charge in [-0.05, 0) is 31.4 Å². The summed E-state index contributed by atoms with van der Waals surface area (Å²) >= 11 is 0.